The van der Waals surface area contributed by atoms with E-state index in [1.165, 1.54) is 0 Å². The molecule has 1 saturated carbocycles. The predicted molar refractivity (Wildman–Crippen MR) is 116 cm³/mol. The number of carbonyl (C=O) groups is 1. The molecule has 4 heterocycles. The standard InChI is InChI=1S/C21H25N9O/c1-3-30-12-25-20(27-30)26-21(31)29-10-13-6-16(7-14(13)11-29)28(2)18-15(8-22)9-24-19-17(18)4-5-23-19/h4-5,9,12-14,16H,3,6-7,10-11H2,1-2H3,(H,23,24)(H,26,27,31)/t13-,14+,16+. The summed E-state index contributed by atoms with van der Waals surface area (Å²) in [6, 6.07) is 4.46. The third kappa shape index (κ3) is 3.36. The molecule has 1 aliphatic carbocycles. The molecule has 0 bridgehead atoms. The van der Waals surface area contributed by atoms with E-state index in [4.69, 9.17) is 0 Å². The average molecular weight is 419 g/mol. The smallest absolute Gasteiger partial charge is 0.324 e. The molecule has 2 amide bonds. The number of hydrogen-bond donors (Lipinski definition) is 2. The lowest BCUT2D eigenvalue weighted by Gasteiger charge is -2.29. The summed E-state index contributed by atoms with van der Waals surface area (Å²) in [6.07, 6.45) is 7.10. The molecule has 3 atom stereocenters. The summed E-state index contributed by atoms with van der Waals surface area (Å²) >= 11 is 0. The Morgan fingerprint density at radius 1 is 1.35 bits per heavy atom. The van der Waals surface area contributed by atoms with E-state index in [-0.39, 0.29) is 6.03 Å². The molecule has 0 radical (unpaired) electrons. The summed E-state index contributed by atoms with van der Waals surface area (Å²) in [4.78, 5) is 28.4. The number of rotatable bonds is 4. The summed E-state index contributed by atoms with van der Waals surface area (Å²) in [5.41, 5.74) is 2.32. The number of pyridine rings is 1. The number of fused-ring (bicyclic) bond motifs is 2. The van der Waals surface area contributed by atoms with Gasteiger partial charge in [-0.15, -0.1) is 5.10 Å². The highest BCUT2D eigenvalue weighted by molar-refractivity contribution is 5.93. The Balaban J connectivity index is 1.26. The number of urea groups is 1. The summed E-state index contributed by atoms with van der Waals surface area (Å²) < 4.78 is 1.69. The maximum atomic E-state index is 12.6. The third-order valence-electron chi connectivity index (χ3n) is 6.67. The number of nitrogens with one attached hydrogen (secondary N) is 2. The van der Waals surface area contributed by atoms with E-state index in [1.54, 1.807) is 17.2 Å². The van der Waals surface area contributed by atoms with Gasteiger partial charge in [-0.05, 0) is 37.7 Å². The molecule has 10 heteroatoms. The topological polar surface area (TPSA) is 119 Å². The molecule has 5 rings (SSSR count). The molecular weight excluding hydrogens is 394 g/mol. The first-order chi connectivity index (χ1) is 15.1. The number of aryl methyl sites for hydroxylation is 1. The SMILES string of the molecule is CCn1cnc(NC(=O)N2C[C@H]3C[C@H](N(C)c4c(C#N)cnc5[nH]ccc45)C[C@H]3C2)n1. The van der Waals surface area contributed by atoms with Gasteiger partial charge in [0.15, 0.2) is 0 Å². The number of aromatic amines is 1. The maximum absolute atomic E-state index is 12.6. The Kier molecular flexibility index (Phi) is 4.73. The predicted octanol–water partition coefficient (Wildman–Crippen LogP) is 2.42. The van der Waals surface area contributed by atoms with Crippen molar-refractivity contribution in [2.45, 2.75) is 32.4 Å². The lowest BCUT2D eigenvalue weighted by molar-refractivity contribution is 0.218. The van der Waals surface area contributed by atoms with E-state index in [0.717, 1.165) is 42.7 Å². The van der Waals surface area contributed by atoms with Crippen LogP contribution in [0.25, 0.3) is 11.0 Å². The molecule has 1 saturated heterocycles. The quantitative estimate of drug-likeness (QED) is 0.670. The van der Waals surface area contributed by atoms with Crippen LogP contribution in [0.1, 0.15) is 25.3 Å². The summed E-state index contributed by atoms with van der Waals surface area (Å²) in [5.74, 6) is 1.25. The number of hydrogen-bond acceptors (Lipinski definition) is 6. The number of carbonyl (C=O) groups excluding carboxylic acids is 1. The Morgan fingerprint density at radius 2 is 2.13 bits per heavy atom. The van der Waals surface area contributed by atoms with Crippen molar-refractivity contribution < 1.29 is 4.79 Å². The van der Waals surface area contributed by atoms with Gasteiger partial charge in [0.2, 0.25) is 5.95 Å². The minimum absolute atomic E-state index is 0.136. The minimum atomic E-state index is -0.136. The molecular formula is C21H25N9O. The van der Waals surface area contributed by atoms with Gasteiger partial charge in [-0.3, -0.25) is 10.00 Å². The van der Waals surface area contributed by atoms with Crippen LogP contribution in [0.2, 0.25) is 0 Å². The Morgan fingerprint density at radius 3 is 2.81 bits per heavy atom. The monoisotopic (exact) mass is 419 g/mol. The lowest BCUT2D eigenvalue weighted by atomic mass is 10.0. The van der Waals surface area contributed by atoms with Crippen molar-refractivity contribution in [1.82, 2.24) is 29.6 Å². The molecule has 0 aromatic carbocycles. The van der Waals surface area contributed by atoms with Crippen LogP contribution < -0.4 is 10.2 Å². The van der Waals surface area contributed by atoms with Gasteiger partial charge < -0.3 is 14.8 Å². The van der Waals surface area contributed by atoms with Crippen molar-refractivity contribution in [1.29, 1.82) is 5.26 Å². The van der Waals surface area contributed by atoms with Crippen LogP contribution in [0.5, 0.6) is 0 Å². The normalized spacial score (nSPS) is 22.5. The van der Waals surface area contributed by atoms with Crippen LogP contribution >= 0.6 is 0 Å². The van der Waals surface area contributed by atoms with E-state index < -0.39 is 0 Å². The van der Waals surface area contributed by atoms with Crippen LogP contribution in [0.15, 0.2) is 24.8 Å². The van der Waals surface area contributed by atoms with Crippen LogP contribution in [-0.4, -0.2) is 61.8 Å². The van der Waals surface area contributed by atoms with Gasteiger partial charge in [-0.25, -0.2) is 14.8 Å². The molecule has 31 heavy (non-hydrogen) atoms. The first-order valence-electron chi connectivity index (χ1n) is 10.6. The van der Waals surface area contributed by atoms with E-state index in [2.05, 4.69) is 43.4 Å². The first-order valence-corrected chi connectivity index (χ1v) is 10.6. The number of H-pyrrole nitrogens is 1. The van der Waals surface area contributed by atoms with E-state index in [9.17, 15) is 10.1 Å². The number of aromatic nitrogens is 5. The molecule has 3 aromatic heterocycles. The summed E-state index contributed by atoms with van der Waals surface area (Å²) in [7, 11) is 2.06. The summed E-state index contributed by atoms with van der Waals surface area (Å²) in [6.45, 7) is 4.15. The van der Waals surface area contributed by atoms with Crippen LogP contribution in [0, 0.1) is 23.2 Å². The largest absolute Gasteiger partial charge is 0.370 e. The highest BCUT2D eigenvalue weighted by Gasteiger charge is 2.44. The molecule has 160 valence electrons. The fourth-order valence-electron chi connectivity index (χ4n) is 5.07. The zero-order chi connectivity index (χ0) is 21.5. The van der Waals surface area contributed by atoms with Gasteiger partial charge in [0.05, 0.1) is 11.3 Å². The highest BCUT2D eigenvalue weighted by Crippen LogP contribution is 2.42. The highest BCUT2D eigenvalue weighted by atomic mass is 16.2. The number of amides is 2. The van der Waals surface area contributed by atoms with E-state index in [1.807, 2.05) is 24.1 Å². The molecule has 2 aliphatic rings. The van der Waals surface area contributed by atoms with Gasteiger partial charge in [0, 0.05) is 50.5 Å². The second-order valence-electron chi connectivity index (χ2n) is 8.39. The van der Waals surface area contributed by atoms with Crippen molar-refractivity contribution in [3.63, 3.8) is 0 Å². The van der Waals surface area contributed by atoms with Crippen molar-refractivity contribution in [2.24, 2.45) is 11.8 Å². The van der Waals surface area contributed by atoms with Gasteiger partial charge in [-0.2, -0.15) is 5.26 Å². The number of anilines is 2. The number of nitriles is 1. The third-order valence-corrected chi connectivity index (χ3v) is 6.67. The molecule has 1 aliphatic heterocycles. The van der Waals surface area contributed by atoms with Crippen molar-refractivity contribution in [2.75, 3.05) is 30.4 Å². The van der Waals surface area contributed by atoms with Crippen molar-refractivity contribution in [3.8, 4) is 6.07 Å². The molecule has 10 nitrogen and oxygen atoms in total. The van der Waals surface area contributed by atoms with Crippen molar-refractivity contribution in [3.05, 3.63) is 30.4 Å². The van der Waals surface area contributed by atoms with Crippen LogP contribution in [0.3, 0.4) is 0 Å². The maximum Gasteiger partial charge on any atom is 0.324 e. The fraction of sp³-hybridized carbons (Fsp3) is 0.476. The number of likely N-dealkylation sites (tertiary alicyclic amines) is 1. The zero-order valence-electron chi connectivity index (χ0n) is 17.6. The molecule has 0 unspecified atom stereocenters. The Bertz CT molecular complexity index is 1150. The van der Waals surface area contributed by atoms with Gasteiger partial charge in [-0.1, -0.05) is 0 Å². The fourth-order valence-corrected chi connectivity index (χ4v) is 5.07. The second kappa shape index (κ2) is 7.58. The molecule has 2 N–H and O–H groups in total. The van der Waals surface area contributed by atoms with Gasteiger partial charge in [0.1, 0.15) is 18.0 Å². The van der Waals surface area contributed by atoms with Crippen LogP contribution in [0.4, 0.5) is 16.4 Å². The lowest BCUT2D eigenvalue weighted by Crippen LogP contribution is -2.36. The van der Waals surface area contributed by atoms with Crippen molar-refractivity contribution >= 4 is 28.7 Å². The Hall–Kier alpha value is -3.61. The van der Waals surface area contributed by atoms with Crippen LogP contribution in [-0.2, 0) is 6.54 Å². The molecule has 0 spiro atoms. The minimum Gasteiger partial charge on any atom is -0.370 e. The average Bonchev–Trinajstić information content (AvgIpc) is 3.54. The van der Waals surface area contributed by atoms with Gasteiger partial charge in [0.25, 0.3) is 0 Å². The second-order valence-corrected chi connectivity index (χ2v) is 8.39. The van der Waals surface area contributed by atoms with E-state index in [0.29, 0.717) is 35.9 Å². The van der Waals surface area contributed by atoms with E-state index >= 15 is 0 Å². The Labute approximate surface area is 179 Å². The first kappa shape index (κ1) is 19.4. The molecule has 2 fully saturated rings. The van der Waals surface area contributed by atoms with Gasteiger partial charge >= 0.3 is 6.03 Å². The summed E-state index contributed by atoms with van der Waals surface area (Å²) in [5, 5.41) is 17.6. The molecule has 3 aromatic rings. The number of nitrogens with zero attached hydrogens (tertiary/aromatic N) is 7. The zero-order valence-corrected chi connectivity index (χ0v) is 17.6.